The van der Waals surface area contributed by atoms with Gasteiger partial charge in [-0.3, -0.25) is 15.0 Å². The van der Waals surface area contributed by atoms with E-state index in [2.05, 4.69) is 33.2 Å². The normalized spacial score (nSPS) is 22.8. The number of imide groups is 1. The van der Waals surface area contributed by atoms with Gasteiger partial charge in [-0.05, 0) is 49.3 Å². The fourth-order valence-electron chi connectivity index (χ4n) is 3.72. The molecule has 4 rings (SSSR count). The highest BCUT2D eigenvalue weighted by molar-refractivity contribution is 8.01. The highest BCUT2D eigenvalue weighted by Gasteiger charge is 2.52. The van der Waals surface area contributed by atoms with Gasteiger partial charge in [0.2, 0.25) is 11.0 Å². The summed E-state index contributed by atoms with van der Waals surface area (Å²) >= 11 is 2.43. The second-order valence-electron chi connectivity index (χ2n) is 8.01. The van der Waals surface area contributed by atoms with Crippen LogP contribution in [-0.2, 0) is 16.1 Å². The van der Waals surface area contributed by atoms with Crippen molar-refractivity contribution in [3.05, 3.63) is 35.6 Å². The molecule has 1 aliphatic carbocycles. The van der Waals surface area contributed by atoms with Crippen LogP contribution in [0.3, 0.4) is 0 Å². The number of nitrogens with one attached hydrogen (secondary N) is 3. The first-order valence-corrected chi connectivity index (χ1v) is 12.1. The third kappa shape index (κ3) is 5.01. The number of anilines is 1. The third-order valence-corrected chi connectivity index (χ3v) is 7.63. The fourth-order valence-corrected chi connectivity index (χ4v) is 5.26. The Morgan fingerprint density at radius 1 is 1.28 bits per heavy atom. The van der Waals surface area contributed by atoms with Crippen molar-refractivity contribution in [1.82, 2.24) is 25.9 Å². The average molecular weight is 479 g/mol. The van der Waals surface area contributed by atoms with E-state index >= 15 is 0 Å². The predicted octanol–water partition coefficient (Wildman–Crippen LogP) is 2.91. The van der Waals surface area contributed by atoms with E-state index in [1.54, 1.807) is 12.1 Å². The van der Waals surface area contributed by atoms with Crippen LogP contribution < -0.4 is 16.1 Å². The molecule has 1 aromatic heterocycles. The van der Waals surface area contributed by atoms with Crippen molar-refractivity contribution in [2.24, 2.45) is 5.92 Å². The maximum Gasteiger partial charge on any atom is 0.344 e. The fraction of sp³-hybridized carbons (Fsp3) is 0.450. The molecule has 1 aliphatic heterocycles. The van der Waals surface area contributed by atoms with Gasteiger partial charge in [0.1, 0.15) is 11.4 Å². The van der Waals surface area contributed by atoms with Crippen LogP contribution in [0, 0.1) is 11.7 Å². The van der Waals surface area contributed by atoms with E-state index in [1.165, 1.54) is 23.5 Å². The van der Waals surface area contributed by atoms with E-state index < -0.39 is 23.4 Å². The summed E-state index contributed by atoms with van der Waals surface area (Å²) in [5.74, 6) is -0.662. The van der Waals surface area contributed by atoms with E-state index in [-0.39, 0.29) is 11.6 Å². The molecule has 170 valence electrons. The molecule has 2 heterocycles. The molecule has 32 heavy (non-hydrogen) atoms. The van der Waals surface area contributed by atoms with Crippen LogP contribution in [0.25, 0.3) is 0 Å². The number of carbonyl (C=O) groups is 3. The number of benzene rings is 1. The van der Waals surface area contributed by atoms with Crippen LogP contribution in [0.15, 0.2) is 28.6 Å². The summed E-state index contributed by atoms with van der Waals surface area (Å²) in [6, 6.07) is 5.54. The van der Waals surface area contributed by atoms with Crippen molar-refractivity contribution in [3.63, 3.8) is 0 Å². The lowest BCUT2D eigenvalue weighted by atomic mass is 9.77. The minimum Gasteiger partial charge on any atom is -0.356 e. The summed E-state index contributed by atoms with van der Waals surface area (Å²) in [5, 5.41) is 15.3. The molecule has 3 N–H and O–H groups in total. The van der Waals surface area contributed by atoms with Crippen LogP contribution in [-0.4, -0.2) is 44.3 Å². The number of amides is 4. The van der Waals surface area contributed by atoms with E-state index in [1.807, 2.05) is 0 Å². The molecule has 2 fully saturated rings. The Labute approximate surface area is 192 Å². The molecule has 0 unspecified atom stereocenters. The maximum atomic E-state index is 13.0. The zero-order valence-electron chi connectivity index (χ0n) is 17.4. The highest BCUT2D eigenvalue weighted by Crippen LogP contribution is 2.35. The Bertz CT molecular complexity index is 1010. The Balaban J connectivity index is 1.25. The molecule has 2 aromatic rings. The smallest absolute Gasteiger partial charge is 0.344 e. The van der Waals surface area contributed by atoms with Crippen LogP contribution in [0.5, 0.6) is 0 Å². The standard InChI is InChI=1S/C20H23FN6O3S2/c1-12-6-8-20(9-7-12)16(29)27(18(30)23-20)26-15(28)11-31-19-25-24-17(32-19)22-10-13-2-4-14(21)5-3-13/h2-5,12H,6-11H2,1H3,(H,22,24)(H,23,30)(H,26,28). The average Bonchev–Trinajstić information content (AvgIpc) is 3.32. The summed E-state index contributed by atoms with van der Waals surface area (Å²) in [5.41, 5.74) is 2.41. The van der Waals surface area contributed by atoms with Gasteiger partial charge in [-0.25, -0.2) is 9.18 Å². The largest absolute Gasteiger partial charge is 0.356 e. The molecule has 2 aliphatic rings. The lowest BCUT2D eigenvalue weighted by molar-refractivity contribution is -0.139. The number of hydrogen-bond acceptors (Lipinski definition) is 8. The predicted molar refractivity (Wildman–Crippen MR) is 118 cm³/mol. The molecule has 0 bridgehead atoms. The molecular weight excluding hydrogens is 455 g/mol. The van der Waals surface area contributed by atoms with Crippen LogP contribution >= 0.6 is 23.1 Å². The van der Waals surface area contributed by atoms with Gasteiger partial charge < -0.3 is 10.6 Å². The zero-order chi connectivity index (χ0) is 22.7. The van der Waals surface area contributed by atoms with Crippen LogP contribution in [0.1, 0.15) is 38.2 Å². The molecule has 12 heteroatoms. The number of hydrogen-bond donors (Lipinski definition) is 3. The second kappa shape index (κ2) is 9.41. The zero-order valence-corrected chi connectivity index (χ0v) is 19.0. The monoisotopic (exact) mass is 478 g/mol. The van der Waals surface area contributed by atoms with Gasteiger partial charge in [0.05, 0.1) is 5.75 Å². The summed E-state index contributed by atoms with van der Waals surface area (Å²) in [6.07, 6.45) is 2.88. The van der Waals surface area contributed by atoms with Gasteiger partial charge in [0.15, 0.2) is 4.34 Å². The Kier molecular flexibility index (Phi) is 6.60. The molecule has 0 radical (unpaired) electrons. The van der Waals surface area contributed by atoms with Gasteiger partial charge in [-0.1, -0.05) is 42.2 Å². The van der Waals surface area contributed by atoms with E-state index in [4.69, 9.17) is 0 Å². The first-order chi connectivity index (χ1) is 15.3. The molecule has 0 atom stereocenters. The number of nitrogens with zero attached hydrogens (tertiary/aromatic N) is 3. The molecule has 4 amide bonds. The molecule has 1 spiro atoms. The van der Waals surface area contributed by atoms with Crippen molar-refractivity contribution >= 4 is 46.1 Å². The first kappa shape index (κ1) is 22.5. The summed E-state index contributed by atoms with van der Waals surface area (Å²) in [7, 11) is 0. The lowest BCUT2D eigenvalue weighted by Gasteiger charge is -2.33. The molecule has 9 nitrogen and oxygen atoms in total. The molecule has 1 saturated carbocycles. The quantitative estimate of drug-likeness (QED) is 0.414. The second-order valence-corrected chi connectivity index (χ2v) is 10.2. The Hall–Kier alpha value is -2.73. The van der Waals surface area contributed by atoms with E-state index in [0.717, 1.165) is 35.2 Å². The topological polar surface area (TPSA) is 116 Å². The molecule has 1 aromatic carbocycles. The maximum absolute atomic E-state index is 13.0. The van der Waals surface area contributed by atoms with Crippen LogP contribution in [0.2, 0.25) is 0 Å². The van der Waals surface area contributed by atoms with Gasteiger partial charge in [-0.15, -0.1) is 10.2 Å². The van der Waals surface area contributed by atoms with Crippen molar-refractivity contribution in [3.8, 4) is 0 Å². The SMILES string of the molecule is CC1CCC2(CC1)NC(=O)N(NC(=O)CSc1nnc(NCc3ccc(F)cc3)s1)C2=O. The van der Waals surface area contributed by atoms with E-state index in [0.29, 0.717) is 34.8 Å². The lowest BCUT2D eigenvalue weighted by Crippen LogP contribution is -2.51. The molecular formula is C20H23FN6O3S2. The Morgan fingerprint density at radius 3 is 2.72 bits per heavy atom. The van der Waals surface area contributed by atoms with Gasteiger partial charge in [-0.2, -0.15) is 5.01 Å². The summed E-state index contributed by atoms with van der Waals surface area (Å²) < 4.78 is 13.5. The number of halogens is 1. The Morgan fingerprint density at radius 2 is 2.00 bits per heavy atom. The number of aromatic nitrogens is 2. The molecule has 1 saturated heterocycles. The minimum atomic E-state index is -0.895. The van der Waals surface area contributed by atoms with Crippen LogP contribution in [0.4, 0.5) is 14.3 Å². The van der Waals surface area contributed by atoms with Crippen molar-refractivity contribution in [2.45, 2.75) is 49.0 Å². The highest BCUT2D eigenvalue weighted by atomic mass is 32.2. The van der Waals surface area contributed by atoms with Crippen molar-refractivity contribution < 1.29 is 18.8 Å². The minimum absolute atomic E-state index is 0.0201. The number of urea groups is 1. The number of carbonyl (C=O) groups excluding carboxylic acids is 3. The van der Waals surface area contributed by atoms with Gasteiger partial charge in [0.25, 0.3) is 5.91 Å². The van der Waals surface area contributed by atoms with E-state index in [9.17, 15) is 18.8 Å². The van der Waals surface area contributed by atoms with Gasteiger partial charge >= 0.3 is 6.03 Å². The van der Waals surface area contributed by atoms with Gasteiger partial charge in [0, 0.05) is 6.54 Å². The first-order valence-electron chi connectivity index (χ1n) is 10.3. The third-order valence-electron chi connectivity index (χ3n) is 5.62. The summed E-state index contributed by atoms with van der Waals surface area (Å²) in [6.45, 7) is 2.59. The van der Waals surface area contributed by atoms with Crippen molar-refractivity contribution in [1.29, 1.82) is 0 Å². The summed E-state index contributed by atoms with van der Waals surface area (Å²) in [4.78, 5) is 37.4. The van der Waals surface area contributed by atoms with Crippen molar-refractivity contribution in [2.75, 3.05) is 11.1 Å². The number of rotatable bonds is 7. The number of thioether (sulfide) groups is 1. The number of hydrazine groups is 1.